The molecule has 7 nitrogen and oxygen atoms in total. The van der Waals surface area contributed by atoms with Gasteiger partial charge in [-0.05, 0) is 57.4 Å². The number of rotatable bonds is 6. The first-order chi connectivity index (χ1) is 15.6. The quantitative estimate of drug-likeness (QED) is 0.701. The van der Waals surface area contributed by atoms with Gasteiger partial charge >= 0.3 is 6.09 Å². The van der Waals surface area contributed by atoms with Gasteiger partial charge in [-0.25, -0.2) is 4.79 Å². The standard InChI is InChI=1S/C26H34N2O5/c1-26(2,3)33-25(31)28-14-8-11-21(17-28)27(4)24(30)16-20-15-22(29)12-13-23(20)32-18-19-9-6-5-7-10-19/h5-7,9-10,12-13,15,21,29H,8,11,14,16-18H2,1-4H3/t21-/m0/s1. The van der Waals surface area contributed by atoms with Crippen molar-refractivity contribution in [3.05, 3.63) is 59.7 Å². The van der Waals surface area contributed by atoms with E-state index in [0.717, 1.165) is 18.4 Å². The Balaban J connectivity index is 1.64. The van der Waals surface area contributed by atoms with Crippen molar-refractivity contribution in [2.75, 3.05) is 20.1 Å². The molecule has 1 heterocycles. The first kappa shape index (κ1) is 24.4. The summed E-state index contributed by atoms with van der Waals surface area (Å²) in [6, 6.07) is 14.5. The van der Waals surface area contributed by atoms with Gasteiger partial charge in [0, 0.05) is 31.7 Å². The largest absolute Gasteiger partial charge is 0.508 e. The fourth-order valence-electron chi connectivity index (χ4n) is 3.83. The van der Waals surface area contributed by atoms with Gasteiger partial charge in [0.15, 0.2) is 0 Å². The van der Waals surface area contributed by atoms with E-state index in [9.17, 15) is 14.7 Å². The molecule has 0 spiro atoms. The number of aromatic hydroxyl groups is 1. The predicted molar refractivity (Wildman–Crippen MR) is 126 cm³/mol. The van der Waals surface area contributed by atoms with E-state index < -0.39 is 5.60 Å². The molecule has 0 saturated carbocycles. The Morgan fingerprint density at radius 1 is 1.15 bits per heavy atom. The second kappa shape index (κ2) is 10.6. The lowest BCUT2D eigenvalue weighted by molar-refractivity contribution is -0.132. The average Bonchev–Trinajstić information content (AvgIpc) is 2.77. The van der Waals surface area contributed by atoms with Crippen molar-refractivity contribution in [1.82, 2.24) is 9.80 Å². The van der Waals surface area contributed by atoms with Crippen molar-refractivity contribution in [2.45, 2.75) is 58.3 Å². The summed E-state index contributed by atoms with van der Waals surface area (Å²) in [5.74, 6) is 0.555. The van der Waals surface area contributed by atoms with E-state index in [4.69, 9.17) is 9.47 Å². The Kier molecular flexibility index (Phi) is 7.84. The van der Waals surface area contributed by atoms with Crippen molar-refractivity contribution >= 4 is 12.0 Å². The van der Waals surface area contributed by atoms with Crippen LogP contribution in [0.5, 0.6) is 11.5 Å². The van der Waals surface area contributed by atoms with Crippen LogP contribution in [0.2, 0.25) is 0 Å². The zero-order valence-corrected chi connectivity index (χ0v) is 19.9. The van der Waals surface area contributed by atoms with Crippen LogP contribution in [-0.2, 0) is 22.6 Å². The van der Waals surface area contributed by atoms with Crippen LogP contribution in [0.3, 0.4) is 0 Å². The van der Waals surface area contributed by atoms with Crippen LogP contribution in [0.4, 0.5) is 4.79 Å². The average molecular weight is 455 g/mol. The van der Waals surface area contributed by atoms with Crippen LogP contribution >= 0.6 is 0 Å². The number of ether oxygens (including phenoxy) is 2. The third-order valence-electron chi connectivity index (χ3n) is 5.61. The highest BCUT2D eigenvalue weighted by Gasteiger charge is 2.31. The van der Waals surface area contributed by atoms with E-state index in [2.05, 4.69) is 0 Å². The van der Waals surface area contributed by atoms with Crippen molar-refractivity contribution < 1.29 is 24.2 Å². The number of piperidine rings is 1. The molecule has 3 rings (SSSR count). The normalized spacial score (nSPS) is 16.2. The Morgan fingerprint density at radius 3 is 2.58 bits per heavy atom. The summed E-state index contributed by atoms with van der Waals surface area (Å²) in [5, 5.41) is 9.97. The Hall–Kier alpha value is -3.22. The molecule has 33 heavy (non-hydrogen) atoms. The van der Waals surface area contributed by atoms with E-state index in [1.807, 2.05) is 51.1 Å². The number of carbonyl (C=O) groups excluding carboxylic acids is 2. The number of amides is 2. The third-order valence-corrected chi connectivity index (χ3v) is 5.61. The van der Waals surface area contributed by atoms with Crippen LogP contribution < -0.4 is 4.74 Å². The highest BCUT2D eigenvalue weighted by molar-refractivity contribution is 5.80. The predicted octanol–water partition coefficient (Wildman–Crippen LogP) is 4.37. The highest BCUT2D eigenvalue weighted by Crippen LogP contribution is 2.26. The van der Waals surface area contributed by atoms with Gasteiger partial charge < -0.3 is 24.4 Å². The summed E-state index contributed by atoms with van der Waals surface area (Å²) in [6.07, 6.45) is 1.37. The van der Waals surface area contributed by atoms with E-state index in [1.165, 1.54) is 0 Å². The number of carbonyl (C=O) groups is 2. The minimum absolute atomic E-state index is 0.0845. The summed E-state index contributed by atoms with van der Waals surface area (Å²) in [4.78, 5) is 28.9. The van der Waals surface area contributed by atoms with E-state index in [0.29, 0.717) is 31.0 Å². The molecule has 0 bridgehead atoms. The maximum absolute atomic E-state index is 13.1. The first-order valence-electron chi connectivity index (χ1n) is 11.3. The fraction of sp³-hybridized carbons (Fsp3) is 0.462. The van der Waals surface area contributed by atoms with Crippen LogP contribution in [0, 0.1) is 0 Å². The summed E-state index contributed by atoms with van der Waals surface area (Å²) in [7, 11) is 1.76. The minimum atomic E-state index is -0.558. The Bertz CT molecular complexity index is 955. The molecule has 1 aliphatic heterocycles. The molecule has 0 aliphatic carbocycles. The SMILES string of the molecule is CN(C(=O)Cc1cc(O)ccc1OCc1ccccc1)[C@H]1CCCN(C(=O)OC(C)(C)C)C1. The molecule has 1 atom stereocenters. The Morgan fingerprint density at radius 2 is 1.88 bits per heavy atom. The van der Waals surface area contributed by atoms with Gasteiger partial charge in [-0.2, -0.15) is 0 Å². The number of benzene rings is 2. The maximum atomic E-state index is 13.1. The minimum Gasteiger partial charge on any atom is -0.508 e. The smallest absolute Gasteiger partial charge is 0.410 e. The summed E-state index contributed by atoms with van der Waals surface area (Å²) >= 11 is 0. The fourth-order valence-corrected chi connectivity index (χ4v) is 3.83. The van der Waals surface area contributed by atoms with Crippen molar-refractivity contribution in [3.8, 4) is 11.5 Å². The molecule has 1 aliphatic rings. The lowest BCUT2D eigenvalue weighted by Crippen LogP contribution is -2.51. The molecule has 0 radical (unpaired) electrons. The van der Waals surface area contributed by atoms with Crippen molar-refractivity contribution in [2.24, 2.45) is 0 Å². The van der Waals surface area contributed by atoms with Crippen LogP contribution in [0.1, 0.15) is 44.7 Å². The molecular formula is C26H34N2O5. The van der Waals surface area contributed by atoms with Gasteiger partial charge in [0.1, 0.15) is 23.7 Å². The molecule has 2 amide bonds. The summed E-state index contributed by atoms with van der Waals surface area (Å²) in [6.45, 7) is 6.96. The lowest BCUT2D eigenvalue weighted by atomic mass is 10.0. The second-order valence-electron chi connectivity index (χ2n) is 9.47. The summed E-state index contributed by atoms with van der Waals surface area (Å²) in [5.41, 5.74) is 1.09. The highest BCUT2D eigenvalue weighted by atomic mass is 16.6. The Labute approximate surface area is 195 Å². The maximum Gasteiger partial charge on any atom is 0.410 e. The van der Waals surface area contributed by atoms with Crippen molar-refractivity contribution in [1.29, 1.82) is 0 Å². The molecular weight excluding hydrogens is 420 g/mol. The van der Waals surface area contributed by atoms with Crippen LogP contribution in [-0.4, -0.2) is 58.7 Å². The number of nitrogens with zero attached hydrogens (tertiary/aromatic N) is 2. The number of likely N-dealkylation sites (tertiary alicyclic amines) is 1. The number of hydrogen-bond donors (Lipinski definition) is 1. The number of likely N-dealkylation sites (N-methyl/N-ethyl adjacent to an activating group) is 1. The summed E-state index contributed by atoms with van der Waals surface area (Å²) < 4.78 is 11.4. The molecule has 178 valence electrons. The van der Waals surface area contributed by atoms with Crippen LogP contribution in [0.15, 0.2) is 48.5 Å². The lowest BCUT2D eigenvalue weighted by Gasteiger charge is -2.38. The van der Waals surface area contributed by atoms with Gasteiger partial charge in [-0.1, -0.05) is 30.3 Å². The molecule has 7 heteroatoms. The topological polar surface area (TPSA) is 79.3 Å². The molecule has 1 saturated heterocycles. The third kappa shape index (κ3) is 7.14. The van der Waals surface area contributed by atoms with Crippen molar-refractivity contribution in [3.63, 3.8) is 0 Å². The van der Waals surface area contributed by atoms with E-state index in [-0.39, 0.29) is 30.2 Å². The molecule has 2 aromatic rings. The molecule has 1 N–H and O–H groups in total. The van der Waals surface area contributed by atoms with Gasteiger partial charge in [-0.15, -0.1) is 0 Å². The first-order valence-corrected chi connectivity index (χ1v) is 11.3. The number of phenolic OH excluding ortho intramolecular Hbond substituents is 1. The number of hydrogen-bond acceptors (Lipinski definition) is 5. The van der Waals surface area contributed by atoms with E-state index >= 15 is 0 Å². The molecule has 0 aromatic heterocycles. The monoisotopic (exact) mass is 454 g/mol. The molecule has 0 unspecified atom stereocenters. The molecule has 2 aromatic carbocycles. The zero-order chi connectivity index (χ0) is 24.0. The molecule has 1 fully saturated rings. The van der Waals surface area contributed by atoms with Crippen LogP contribution in [0.25, 0.3) is 0 Å². The number of phenols is 1. The zero-order valence-electron chi connectivity index (χ0n) is 19.9. The second-order valence-corrected chi connectivity index (χ2v) is 9.47. The van der Waals surface area contributed by atoms with Gasteiger partial charge in [0.25, 0.3) is 0 Å². The van der Waals surface area contributed by atoms with E-state index in [1.54, 1.807) is 35.0 Å². The van der Waals surface area contributed by atoms with Gasteiger partial charge in [0.05, 0.1) is 6.42 Å². The van der Waals surface area contributed by atoms with Gasteiger partial charge in [-0.3, -0.25) is 4.79 Å². The van der Waals surface area contributed by atoms with Gasteiger partial charge in [0.2, 0.25) is 5.91 Å².